The van der Waals surface area contributed by atoms with Gasteiger partial charge in [-0.25, -0.2) is 14.4 Å². The number of aromatic nitrogens is 3. The minimum absolute atomic E-state index is 0.224. The van der Waals surface area contributed by atoms with Gasteiger partial charge in [-0.3, -0.25) is 0 Å². The quantitative estimate of drug-likeness (QED) is 0.497. The Bertz CT molecular complexity index is 1110. The fourth-order valence-corrected chi connectivity index (χ4v) is 4.37. The van der Waals surface area contributed by atoms with Gasteiger partial charge in [0, 0.05) is 24.1 Å². The number of fused-ring (bicyclic) bond motifs is 2. The van der Waals surface area contributed by atoms with Gasteiger partial charge in [-0.15, -0.1) is 11.3 Å². The number of hydrogen-bond acceptors (Lipinski definition) is 3. The molecule has 0 unspecified atom stereocenters. The third kappa shape index (κ3) is 2.30. The first-order chi connectivity index (χ1) is 12.2. The SMILES string of the molecule is Cc1ccc(F)cc1-c1nc2n(c1-c1ccc3ncsc3c1)CCC2. The van der Waals surface area contributed by atoms with E-state index in [4.69, 9.17) is 4.98 Å². The van der Waals surface area contributed by atoms with Crippen LogP contribution in [0.1, 0.15) is 17.8 Å². The number of nitrogens with zero attached hydrogens (tertiary/aromatic N) is 3. The van der Waals surface area contributed by atoms with Crippen molar-refractivity contribution >= 4 is 21.6 Å². The van der Waals surface area contributed by atoms with E-state index in [2.05, 4.69) is 27.8 Å². The van der Waals surface area contributed by atoms with Crippen molar-refractivity contribution in [1.29, 1.82) is 0 Å². The Morgan fingerprint density at radius 1 is 1.16 bits per heavy atom. The lowest BCUT2D eigenvalue weighted by molar-refractivity contribution is 0.628. The maximum absolute atomic E-state index is 13.9. The standard InChI is InChI=1S/C20H16FN3S/c1-12-4-6-14(21)10-15(12)19-20(24-8-2-3-18(24)23-19)13-5-7-16-17(9-13)25-11-22-16/h4-7,9-11H,2-3,8H2,1H3. The number of rotatable bonds is 2. The first-order valence-electron chi connectivity index (χ1n) is 8.40. The highest BCUT2D eigenvalue weighted by atomic mass is 32.1. The van der Waals surface area contributed by atoms with E-state index in [9.17, 15) is 4.39 Å². The summed E-state index contributed by atoms with van der Waals surface area (Å²) in [5, 5.41) is 0. The number of thiazole rings is 1. The van der Waals surface area contributed by atoms with Crippen LogP contribution in [0.3, 0.4) is 0 Å². The highest BCUT2D eigenvalue weighted by Crippen LogP contribution is 2.38. The van der Waals surface area contributed by atoms with Crippen molar-refractivity contribution in [1.82, 2.24) is 14.5 Å². The van der Waals surface area contributed by atoms with Gasteiger partial charge >= 0.3 is 0 Å². The van der Waals surface area contributed by atoms with Crippen LogP contribution in [0.25, 0.3) is 32.7 Å². The molecule has 0 N–H and O–H groups in total. The maximum Gasteiger partial charge on any atom is 0.123 e. The van der Waals surface area contributed by atoms with Gasteiger partial charge < -0.3 is 4.57 Å². The predicted octanol–water partition coefficient (Wildman–Crippen LogP) is 5.22. The minimum atomic E-state index is -0.224. The van der Waals surface area contributed by atoms with E-state index >= 15 is 0 Å². The topological polar surface area (TPSA) is 30.7 Å². The second-order valence-electron chi connectivity index (χ2n) is 6.47. The van der Waals surface area contributed by atoms with Crippen molar-refractivity contribution in [3.8, 4) is 22.5 Å². The zero-order valence-corrected chi connectivity index (χ0v) is 14.6. The molecule has 2 aromatic carbocycles. The molecule has 0 atom stereocenters. The summed E-state index contributed by atoms with van der Waals surface area (Å²) in [6.07, 6.45) is 2.09. The molecule has 4 aromatic rings. The van der Waals surface area contributed by atoms with Crippen molar-refractivity contribution in [3.63, 3.8) is 0 Å². The van der Waals surface area contributed by atoms with Crippen LogP contribution in [0.4, 0.5) is 4.39 Å². The van der Waals surface area contributed by atoms with E-state index in [-0.39, 0.29) is 5.82 Å². The molecule has 25 heavy (non-hydrogen) atoms. The largest absolute Gasteiger partial charge is 0.327 e. The van der Waals surface area contributed by atoms with Gasteiger partial charge in [0.25, 0.3) is 0 Å². The molecule has 0 radical (unpaired) electrons. The smallest absolute Gasteiger partial charge is 0.123 e. The molecule has 124 valence electrons. The van der Waals surface area contributed by atoms with Gasteiger partial charge in [0.05, 0.1) is 27.1 Å². The summed E-state index contributed by atoms with van der Waals surface area (Å²) >= 11 is 1.64. The molecule has 1 aliphatic heterocycles. The molecule has 0 spiro atoms. The molecule has 0 saturated heterocycles. The molecule has 2 aromatic heterocycles. The fourth-order valence-electron chi connectivity index (χ4n) is 3.66. The average Bonchev–Trinajstić information content (AvgIpc) is 3.30. The zero-order chi connectivity index (χ0) is 17.0. The molecular formula is C20H16FN3S. The zero-order valence-electron chi connectivity index (χ0n) is 13.8. The van der Waals surface area contributed by atoms with Crippen molar-refractivity contribution in [2.45, 2.75) is 26.3 Å². The van der Waals surface area contributed by atoms with E-state index < -0.39 is 0 Å². The molecule has 0 saturated carbocycles. The van der Waals surface area contributed by atoms with Crippen molar-refractivity contribution in [3.05, 3.63) is 59.1 Å². The second kappa shape index (κ2) is 5.49. The first kappa shape index (κ1) is 14.8. The highest BCUT2D eigenvalue weighted by Gasteiger charge is 2.24. The Labute approximate surface area is 148 Å². The van der Waals surface area contributed by atoms with Crippen LogP contribution in [0, 0.1) is 12.7 Å². The van der Waals surface area contributed by atoms with Crippen LogP contribution in [-0.2, 0) is 13.0 Å². The van der Waals surface area contributed by atoms with E-state index in [1.54, 1.807) is 17.4 Å². The molecule has 3 heterocycles. The summed E-state index contributed by atoms with van der Waals surface area (Å²) in [4.78, 5) is 9.26. The van der Waals surface area contributed by atoms with Gasteiger partial charge in [-0.05, 0) is 43.2 Å². The van der Waals surface area contributed by atoms with Gasteiger partial charge in [-0.2, -0.15) is 0 Å². The monoisotopic (exact) mass is 349 g/mol. The Balaban J connectivity index is 1.79. The predicted molar refractivity (Wildman–Crippen MR) is 99.3 cm³/mol. The highest BCUT2D eigenvalue weighted by molar-refractivity contribution is 7.16. The molecule has 0 bridgehead atoms. The Morgan fingerprint density at radius 3 is 3.00 bits per heavy atom. The summed E-state index contributed by atoms with van der Waals surface area (Å²) < 4.78 is 17.3. The number of hydrogen-bond donors (Lipinski definition) is 0. The lowest BCUT2D eigenvalue weighted by Crippen LogP contribution is -1.97. The van der Waals surface area contributed by atoms with E-state index in [1.807, 2.05) is 18.5 Å². The Hall–Kier alpha value is -2.53. The third-order valence-corrected chi connectivity index (χ3v) is 5.68. The molecule has 5 rings (SSSR count). The molecule has 0 fully saturated rings. The van der Waals surface area contributed by atoms with Crippen LogP contribution in [0.5, 0.6) is 0 Å². The minimum Gasteiger partial charge on any atom is -0.327 e. The second-order valence-corrected chi connectivity index (χ2v) is 7.36. The van der Waals surface area contributed by atoms with Gasteiger partial charge in [0.15, 0.2) is 0 Å². The van der Waals surface area contributed by atoms with E-state index in [0.717, 1.165) is 63.5 Å². The third-order valence-electron chi connectivity index (χ3n) is 4.89. The summed E-state index contributed by atoms with van der Waals surface area (Å²) in [6.45, 7) is 2.97. The normalized spacial score (nSPS) is 13.5. The molecule has 3 nitrogen and oxygen atoms in total. The summed E-state index contributed by atoms with van der Waals surface area (Å²) in [5.74, 6) is 0.871. The van der Waals surface area contributed by atoms with Crippen LogP contribution in [0.15, 0.2) is 41.9 Å². The van der Waals surface area contributed by atoms with E-state index in [0.29, 0.717) is 0 Å². The Kier molecular flexibility index (Phi) is 3.25. The van der Waals surface area contributed by atoms with Crippen LogP contribution < -0.4 is 0 Å². The molecular weight excluding hydrogens is 333 g/mol. The first-order valence-corrected chi connectivity index (χ1v) is 9.28. The molecule has 0 aliphatic carbocycles. The lowest BCUT2D eigenvalue weighted by Gasteiger charge is -2.10. The molecule has 5 heteroatoms. The number of aryl methyl sites for hydroxylation is 2. The van der Waals surface area contributed by atoms with Crippen molar-refractivity contribution in [2.75, 3.05) is 0 Å². The summed E-state index contributed by atoms with van der Waals surface area (Å²) in [7, 11) is 0. The van der Waals surface area contributed by atoms with Gasteiger partial charge in [0.2, 0.25) is 0 Å². The summed E-state index contributed by atoms with van der Waals surface area (Å²) in [6, 6.07) is 11.3. The number of benzene rings is 2. The maximum atomic E-state index is 13.9. The molecule has 0 amide bonds. The van der Waals surface area contributed by atoms with Crippen LogP contribution in [-0.4, -0.2) is 14.5 Å². The summed E-state index contributed by atoms with van der Waals surface area (Å²) in [5.41, 5.74) is 7.90. The lowest BCUT2D eigenvalue weighted by atomic mass is 10.0. The van der Waals surface area contributed by atoms with Crippen molar-refractivity contribution < 1.29 is 4.39 Å². The number of imidazole rings is 1. The van der Waals surface area contributed by atoms with Crippen molar-refractivity contribution in [2.24, 2.45) is 0 Å². The van der Waals surface area contributed by atoms with Crippen LogP contribution in [0.2, 0.25) is 0 Å². The fraction of sp³-hybridized carbons (Fsp3) is 0.200. The number of halogens is 1. The van der Waals surface area contributed by atoms with E-state index in [1.165, 1.54) is 6.07 Å². The molecule has 1 aliphatic rings. The van der Waals surface area contributed by atoms with Crippen LogP contribution >= 0.6 is 11.3 Å². The van der Waals surface area contributed by atoms with Gasteiger partial charge in [0.1, 0.15) is 11.6 Å². The van der Waals surface area contributed by atoms with Gasteiger partial charge in [-0.1, -0.05) is 12.1 Å². The average molecular weight is 349 g/mol. The Morgan fingerprint density at radius 2 is 2.08 bits per heavy atom.